The van der Waals surface area contributed by atoms with Gasteiger partial charge in [0.1, 0.15) is 19.3 Å². The van der Waals surface area contributed by atoms with Gasteiger partial charge in [0, 0.05) is 25.7 Å². The number of rotatable bonds is 73. The maximum Gasteiger partial charge on any atom is 0.472 e. The minimum atomic E-state index is -4.96. The quantitative estimate of drug-likeness (QED) is 0.0222. The van der Waals surface area contributed by atoms with Crippen LogP contribution in [-0.2, 0) is 65.4 Å². The molecule has 2 unspecified atom stereocenters. The zero-order valence-corrected chi connectivity index (χ0v) is 63.2. The molecule has 0 fully saturated rings. The first-order valence-corrected chi connectivity index (χ1v) is 41.8. The average Bonchev–Trinajstić information content (AvgIpc) is 2.32. The molecule has 0 rings (SSSR count). The van der Waals surface area contributed by atoms with Crippen LogP contribution in [0.5, 0.6) is 0 Å². The summed E-state index contributed by atoms with van der Waals surface area (Å²) >= 11 is 0. The molecule has 17 nitrogen and oxygen atoms in total. The van der Waals surface area contributed by atoms with E-state index in [9.17, 15) is 43.2 Å². The lowest BCUT2D eigenvalue weighted by Gasteiger charge is -2.21. The van der Waals surface area contributed by atoms with E-state index in [4.69, 9.17) is 37.0 Å². The van der Waals surface area contributed by atoms with E-state index >= 15 is 0 Å². The van der Waals surface area contributed by atoms with Crippen LogP contribution in [0, 0.1) is 17.8 Å². The highest BCUT2D eigenvalue weighted by molar-refractivity contribution is 7.47. The molecule has 0 aromatic carbocycles. The van der Waals surface area contributed by atoms with Gasteiger partial charge in [-0.1, -0.05) is 331 Å². The van der Waals surface area contributed by atoms with E-state index < -0.39 is 97.5 Å². The first-order chi connectivity index (χ1) is 45.2. The van der Waals surface area contributed by atoms with E-state index in [1.165, 1.54) is 186 Å². The molecule has 0 heterocycles. The molecule has 0 saturated carbocycles. The van der Waals surface area contributed by atoms with Crippen molar-refractivity contribution in [2.45, 2.75) is 401 Å². The molecule has 3 N–H and O–H groups in total. The fourth-order valence-electron chi connectivity index (χ4n) is 11.4. The Kier molecular flexibility index (Phi) is 64.3. The van der Waals surface area contributed by atoms with Crippen molar-refractivity contribution >= 4 is 39.5 Å². The molecule has 5 atom stereocenters. The maximum absolute atomic E-state index is 13.1. The fraction of sp³-hybridized carbons (Fsp3) is 0.947. The number of aliphatic hydroxyl groups excluding tert-OH is 1. The van der Waals surface area contributed by atoms with Gasteiger partial charge in [-0.3, -0.25) is 37.3 Å². The summed E-state index contributed by atoms with van der Waals surface area (Å²) in [5, 5.41) is 10.6. The van der Waals surface area contributed by atoms with Crippen LogP contribution >= 0.6 is 15.6 Å². The molecule has 0 aliphatic rings. The van der Waals surface area contributed by atoms with E-state index in [1.54, 1.807) is 0 Å². The van der Waals surface area contributed by atoms with Gasteiger partial charge in [-0.2, -0.15) is 0 Å². The average molecular weight is 1380 g/mol. The van der Waals surface area contributed by atoms with Gasteiger partial charge >= 0.3 is 39.5 Å². The number of phosphoric ester groups is 2. The number of unbranched alkanes of at least 4 members (excludes halogenated alkanes) is 41. The van der Waals surface area contributed by atoms with Crippen molar-refractivity contribution in [1.29, 1.82) is 0 Å². The zero-order chi connectivity index (χ0) is 69.4. The van der Waals surface area contributed by atoms with Crippen molar-refractivity contribution in [3.63, 3.8) is 0 Å². The third-order valence-corrected chi connectivity index (χ3v) is 19.3. The molecule has 19 heteroatoms. The van der Waals surface area contributed by atoms with E-state index in [2.05, 4.69) is 48.5 Å². The SMILES string of the molecule is CCCCCCCCCCC(=O)OC[C@H](COP(=O)(O)OC[C@H](O)COP(=O)(O)OC[C@@H](COC(=O)CCCCCCCCCCCCCCCCC(C)C)OC(=O)CCCCCCCCCCCCCCCCCCC(C)C)OC(=O)CCCCCCCCCC(C)C. The molecule has 0 aromatic heterocycles. The van der Waals surface area contributed by atoms with Crippen molar-refractivity contribution in [1.82, 2.24) is 0 Å². The molecule has 0 spiro atoms. The molecule has 94 heavy (non-hydrogen) atoms. The Morgan fingerprint density at radius 3 is 0.723 bits per heavy atom. The van der Waals surface area contributed by atoms with E-state index in [1.807, 2.05) is 0 Å². The van der Waals surface area contributed by atoms with Gasteiger partial charge in [0.05, 0.1) is 26.4 Å². The normalized spacial score (nSPS) is 14.1. The summed E-state index contributed by atoms with van der Waals surface area (Å²) in [7, 11) is -9.90. The largest absolute Gasteiger partial charge is 0.472 e. The lowest BCUT2D eigenvalue weighted by atomic mass is 10.0. The molecule has 0 aromatic rings. The standard InChI is InChI=1S/C75H146O17P2/c1-8-9-10-11-12-35-42-49-56-72(77)85-62-71(92-75(80)59-52-45-38-31-34-41-48-55-68(6)7)65-90-94(83,84)88-61-69(76)60-87-93(81,82)89-64-70(63-86-73(78)57-50-43-36-29-25-21-18-17-20-24-28-33-40-47-54-67(4)5)91-74(79)58-51-44-37-30-26-22-16-14-13-15-19-23-27-32-39-46-53-66(2)3/h66-71,76H,8-65H2,1-7H3,(H,81,82)(H,83,84)/t69-,70-,71-/m1/s1. The summed E-state index contributed by atoms with van der Waals surface area (Å²) in [4.78, 5) is 72.6. The summed E-state index contributed by atoms with van der Waals surface area (Å²) in [6.07, 6.45) is 51.6. The summed E-state index contributed by atoms with van der Waals surface area (Å²) in [6.45, 7) is 11.9. The van der Waals surface area contributed by atoms with Crippen LogP contribution < -0.4 is 0 Å². The van der Waals surface area contributed by atoms with Gasteiger partial charge < -0.3 is 33.8 Å². The molecule has 558 valence electrons. The second-order valence-corrected chi connectivity index (χ2v) is 31.4. The maximum atomic E-state index is 13.1. The summed E-state index contributed by atoms with van der Waals surface area (Å²) in [5.41, 5.74) is 0. The summed E-state index contributed by atoms with van der Waals surface area (Å²) in [6, 6.07) is 0. The highest BCUT2D eigenvalue weighted by atomic mass is 31.2. The molecule has 0 amide bonds. The van der Waals surface area contributed by atoms with Crippen LogP contribution in [0.25, 0.3) is 0 Å². The van der Waals surface area contributed by atoms with Gasteiger partial charge in [0.25, 0.3) is 0 Å². The monoisotopic (exact) mass is 1380 g/mol. The molecule has 0 radical (unpaired) electrons. The number of carbonyl (C=O) groups excluding carboxylic acids is 4. The fourth-order valence-corrected chi connectivity index (χ4v) is 13.0. The highest BCUT2D eigenvalue weighted by Crippen LogP contribution is 2.45. The molecule has 0 aliphatic heterocycles. The van der Waals surface area contributed by atoms with E-state index in [0.29, 0.717) is 31.6 Å². The smallest absolute Gasteiger partial charge is 0.462 e. The third kappa shape index (κ3) is 68.6. The van der Waals surface area contributed by atoms with E-state index in [-0.39, 0.29) is 25.7 Å². The molecule has 0 aliphatic carbocycles. The van der Waals surface area contributed by atoms with Crippen molar-refractivity contribution < 1.29 is 80.2 Å². The number of ether oxygens (including phenoxy) is 4. The van der Waals surface area contributed by atoms with Crippen LogP contribution in [0.4, 0.5) is 0 Å². The highest BCUT2D eigenvalue weighted by Gasteiger charge is 2.30. The van der Waals surface area contributed by atoms with Gasteiger partial charge in [0.15, 0.2) is 12.2 Å². The predicted molar refractivity (Wildman–Crippen MR) is 381 cm³/mol. The number of hydrogen-bond acceptors (Lipinski definition) is 15. The Morgan fingerprint density at radius 1 is 0.287 bits per heavy atom. The van der Waals surface area contributed by atoms with E-state index in [0.717, 1.165) is 108 Å². The third-order valence-electron chi connectivity index (χ3n) is 17.4. The Balaban J connectivity index is 5.19. The Morgan fingerprint density at radius 2 is 0.489 bits per heavy atom. The topological polar surface area (TPSA) is 237 Å². The Bertz CT molecular complexity index is 1840. The lowest BCUT2D eigenvalue weighted by Crippen LogP contribution is -2.30. The minimum absolute atomic E-state index is 0.103. The minimum Gasteiger partial charge on any atom is -0.462 e. The van der Waals surface area contributed by atoms with Crippen LogP contribution in [0.1, 0.15) is 382 Å². The van der Waals surface area contributed by atoms with Crippen molar-refractivity contribution in [2.24, 2.45) is 17.8 Å². The first kappa shape index (κ1) is 92.1. The van der Waals surface area contributed by atoms with Crippen LogP contribution in [-0.4, -0.2) is 96.7 Å². The van der Waals surface area contributed by atoms with Crippen LogP contribution in [0.3, 0.4) is 0 Å². The van der Waals surface area contributed by atoms with Crippen molar-refractivity contribution in [3.05, 3.63) is 0 Å². The van der Waals surface area contributed by atoms with Gasteiger partial charge in [-0.25, -0.2) is 9.13 Å². The molecule has 0 saturated heterocycles. The molecule has 0 bridgehead atoms. The number of aliphatic hydroxyl groups is 1. The van der Waals surface area contributed by atoms with Crippen molar-refractivity contribution in [2.75, 3.05) is 39.6 Å². The Hall–Kier alpha value is -1.94. The first-order valence-electron chi connectivity index (χ1n) is 38.8. The molecular formula is C75H146O17P2. The number of phosphoric acid groups is 2. The van der Waals surface area contributed by atoms with Crippen LogP contribution in [0.2, 0.25) is 0 Å². The number of hydrogen-bond donors (Lipinski definition) is 3. The van der Waals surface area contributed by atoms with Gasteiger partial charge in [-0.15, -0.1) is 0 Å². The predicted octanol–water partition coefficient (Wildman–Crippen LogP) is 21.8. The van der Waals surface area contributed by atoms with Gasteiger partial charge in [-0.05, 0) is 43.4 Å². The summed E-state index contributed by atoms with van der Waals surface area (Å²) < 4.78 is 68.4. The number of esters is 4. The van der Waals surface area contributed by atoms with Crippen LogP contribution in [0.15, 0.2) is 0 Å². The second-order valence-electron chi connectivity index (χ2n) is 28.5. The second kappa shape index (κ2) is 65.7. The zero-order valence-electron chi connectivity index (χ0n) is 61.4. The Labute approximate surface area is 575 Å². The summed E-state index contributed by atoms with van der Waals surface area (Å²) in [5.74, 6) is 0.180. The van der Waals surface area contributed by atoms with Gasteiger partial charge in [0.2, 0.25) is 0 Å². The molecular weight excluding hydrogens is 1230 g/mol. The number of carbonyl (C=O) groups is 4. The van der Waals surface area contributed by atoms with Crippen molar-refractivity contribution in [3.8, 4) is 0 Å². The lowest BCUT2D eigenvalue weighted by molar-refractivity contribution is -0.161.